The molecule has 3 aromatic rings. The molecule has 1 saturated heterocycles. The summed E-state index contributed by atoms with van der Waals surface area (Å²) in [6, 6.07) is 9.05. The fourth-order valence-corrected chi connectivity index (χ4v) is 4.08. The minimum atomic E-state index is -0.509. The molecule has 1 amide bonds. The first-order valence-corrected chi connectivity index (χ1v) is 10.8. The molecule has 8 heteroatoms. The number of fused-ring (bicyclic) bond motifs is 1. The van der Waals surface area contributed by atoms with Gasteiger partial charge in [-0.05, 0) is 42.7 Å². The predicted octanol–water partition coefficient (Wildman–Crippen LogP) is 4.06. The standard InChI is InChI=1S/C24H24F2N4O2/c25-17-4-1-16(2-5-17)3-6-20-18-13-22(19(26)14-21(18)29-28-20)27-23(31)24(7-8-24)15-30-9-11-32-12-10-30/h1-6,13-14H,7-12,15H2,(H,27,31)(H,28,29). The number of hydrogen-bond acceptors (Lipinski definition) is 4. The first-order chi connectivity index (χ1) is 15.5. The fraction of sp³-hybridized carbons (Fsp3) is 0.333. The van der Waals surface area contributed by atoms with E-state index >= 15 is 0 Å². The highest BCUT2D eigenvalue weighted by atomic mass is 19.1. The van der Waals surface area contributed by atoms with Gasteiger partial charge in [-0.1, -0.05) is 18.2 Å². The molecule has 2 fully saturated rings. The normalized spacial score (nSPS) is 18.3. The molecule has 5 rings (SSSR count). The molecule has 0 spiro atoms. The van der Waals surface area contributed by atoms with Crippen molar-refractivity contribution in [3.63, 3.8) is 0 Å². The van der Waals surface area contributed by atoms with Crippen LogP contribution in [0.15, 0.2) is 36.4 Å². The summed E-state index contributed by atoms with van der Waals surface area (Å²) in [5, 5.41) is 10.6. The summed E-state index contributed by atoms with van der Waals surface area (Å²) in [6.07, 6.45) is 5.18. The molecular weight excluding hydrogens is 414 g/mol. The number of benzene rings is 2. The van der Waals surface area contributed by atoms with E-state index in [0.717, 1.165) is 31.5 Å². The van der Waals surface area contributed by atoms with Crippen LogP contribution in [-0.4, -0.2) is 53.9 Å². The number of amides is 1. The number of anilines is 1. The number of aromatic nitrogens is 2. The molecule has 0 radical (unpaired) electrons. The van der Waals surface area contributed by atoms with E-state index in [1.807, 2.05) is 0 Å². The van der Waals surface area contributed by atoms with Gasteiger partial charge in [-0.25, -0.2) is 8.78 Å². The van der Waals surface area contributed by atoms with E-state index in [0.29, 0.717) is 36.4 Å². The Balaban J connectivity index is 1.35. The second-order valence-corrected chi connectivity index (χ2v) is 8.49. The first kappa shape index (κ1) is 20.8. The van der Waals surface area contributed by atoms with Gasteiger partial charge in [0, 0.05) is 31.1 Å². The van der Waals surface area contributed by atoms with Crippen LogP contribution < -0.4 is 5.32 Å². The van der Waals surface area contributed by atoms with Crippen LogP contribution in [-0.2, 0) is 9.53 Å². The van der Waals surface area contributed by atoms with Gasteiger partial charge < -0.3 is 10.1 Å². The fourth-order valence-electron chi connectivity index (χ4n) is 4.08. The Morgan fingerprint density at radius 2 is 1.91 bits per heavy atom. The SMILES string of the molecule is O=C(Nc1cc2c(C=Cc3ccc(F)cc3)n[nH]c2cc1F)C1(CN2CCOCC2)CC1. The molecule has 1 aliphatic carbocycles. The van der Waals surface area contributed by atoms with Crippen molar-refractivity contribution < 1.29 is 18.3 Å². The van der Waals surface area contributed by atoms with Crippen molar-refractivity contribution in [3.8, 4) is 0 Å². The third-order valence-corrected chi connectivity index (χ3v) is 6.20. The van der Waals surface area contributed by atoms with Crippen molar-refractivity contribution in [2.75, 3.05) is 38.2 Å². The zero-order valence-corrected chi connectivity index (χ0v) is 17.5. The minimum Gasteiger partial charge on any atom is -0.379 e. The molecule has 32 heavy (non-hydrogen) atoms. The molecule has 0 bridgehead atoms. The number of H-pyrrole nitrogens is 1. The summed E-state index contributed by atoms with van der Waals surface area (Å²) in [6.45, 7) is 3.65. The van der Waals surface area contributed by atoms with E-state index in [1.54, 1.807) is 30.4 Å². The van der Waals surface area contributed by atoms with Crippen LogP contribution in [0.4, 0.5) is 14.5 Å². The van der Waals surface area contributed by atoms with Gasteiger partial charge in [0.15, 0.2) is 0 Å². The molecule has 1 saturated carbocycles. The molecule has 0 unspecified atom stereocenters. The Morgan fingerprint density at radius 1 is 1.16 bits per heavy atom. The highest BCUT2D eigenvalue weighted by Crippen LogP contribution is 2.47. The van der Waals surface area contributed by atoms with Crippen LogP contribution in [0, 0.1) is 17.0 Å². The maximum absolute atomic E-state index is 14.7. The minimum absolute atomic E-state index is 0.144. The zero-order chi connectivity index (χ0) is 22.1. The molecular formula is C24H24F2N4O2. The topological polar surface area (TPSA) is 70.2 Å². The molecule has 2 aromatic carbocycles. The van der Waals surface area contributed by atoms with E-state index in [4.69, 9.17) is 4.74 Å². The van der Waals surface area contributed by atoms with Crippen LogP contribution in [0.3, 0.4) is 0 Å². The van der Waals surface area contributed by atoms with Crippen LogP contribution in [0.25, 0.3) is 23.1 Å². The average molecular weight is 438 g/mol. The number of aromatic amines is 1. The van der Waals surface area contributed by atoms with Gasteiger partial charge in [-0.3, -0.25) is 14.8 Å². The number of nitrogens with one attached hydrogen (secondary N) is 2. The Morgan fingerprint density at radius 3 is 2.62 bits per heavy atom. The summed E-state index contributed by atoms with van der Waals surface area (Å²) < 4.78 is 33.2. The monoisotopic (exact) mass is 438 g/mol. The molecule has 1 aromatic heterocycles. The molecule has 2 N–H and O–H groups in total. The van der Waals surface area contributed by atoms with Gasteiger partial charge in [0.25, 0.3) is 0 Å². The zero-order valence-electron chi connectivity index (χ0n) is 17.5. The maximum Gasteiger partial charge on any atom is 0.231 e. The number of halogens is 2. The van der Waals surface area contributed by atoms with E-state index in [2.05, 4.69) is 20.4 Å². The van der Waals surface area contributed by atoms with Gasteiger partial charge >= 0.3 is 0 Å². The second-order valence-electron chi connectivity index (χ2n) is 8.49. The van der Waals surface area contributed by atoms with E-state index in [1.165, 1.54) is 18.2 Å². The van der Waals surface area contributed by atoms with Crippen LogP contribution in [0.1, 0.15) is 24.1 Å². The summed E-state index contributed by atoms with van der Waals surface area (Å²) in [5.41, 5.74) is 1.65. The van der Waals surface area contributed by atoms with Crippen LogP contribution in [0.5, 0.6) is 0 Å². The Bertz CT molecular complexity index is 1160. The largest absolute Gasteiger partial charge is 0.379 e. The summed E-state index contributed by atoms with van der Waals surface area (Å²) in [5.74, 6) is -0.954. The molecule has 2 heterocycles. The quantitative estimate of drug-likeness (QED) is 0.609. The lowest BCUT2D eigenvalue weighted by atomic mass is 10.0. The number of carbonyl (C=O) groups is 1. The number of nitrogens with zero attached hydrogens (tertiary/aromatic N) is 2. The summed E-state index contributed by atoms with van der Waals surface area (Å²) in [7, 11) is 0. The van der Waals surface area contributed by atoms with Gasteiger partial charge in [-0.2, -0.15) is 5.10 Å². The van der Waals surface area contributed by atoms with Crippen molar-refractivity contribution in [1.82, 2.24) is 15.1 Å². The smallest absolute Gasteiger partial charge is 0.231 e. The highest BCUT2D eigenvalue weighted by Gasteiger charge is 2.51. The molecule has 1 aliphatic heterocycles. The van der Waals surface area contributed by atoms with E-state index in [9.17, 15) is 13.6 Å². The van der Waals surface area contributed by atoms with Gasteiger partial charge in [0.1, 0.15) is 11.6 Å². The van der Waals surface area contributed by atoms with Crippen molar-refractivity contribution in [2.45, 2.75) is 12.8 Å². The predicted molar refractivity (Wildman–Crippen MR) is 119 cm³/mol. The molecule has 6 nitrogen and oxygen atoms in total. The van der Waals surface area contributed by atoms with E-state index < -0.39 is 11.2 Å². The van der Waals surface area contributed by atoms with Gasteiger partial charge in [-0.15, -0.1) is 0 Å². The number of rotatable bonds is 6. The lowest BCUT2D eigenvalue weighted by Crippen LogP contribution is -2.43. The third-order valence-electron chi connectivity index (χ3n) is 6.20. The summed E-state index contributed by atoms with van der Waals surface area (Å²) in [4.78, 5) is 15.3. The number of morpholine rings is 1. The van der Waals surface area contributed by atoms with Crippen molar-refractivity contribution in [2.24, 2.45) is 5.41 Å². The van der Waals surface area contributed by atoms with Crippen LogP contribution >= 0.6 is 0 Å². The molecule has 166 valence electrons. The Labute approximate surface area is 184 Å². The van der Waals surface area contributed by atoms with Gasteiger partial charge in [0.05, 0.1) is 35.5 Å². The Hall–Kier alpha value is -3.10. The van der Waals surface area contributed by atoms with E-state index in [-0.39, 0.29) is 17.4 Å². The van der Waals surface area contributed by atoms with Crippen molar-refractivity contribution >= 4 is 34.6 Å². The number of hydrogen-bond donors (Lipinski definition) is 2. The number of carbonyl (C=O) groups excluding carboxylic acids is 1. The lowest BCUT2D eigenvalue weighted by Gasteiger charge is -2.30. The summed E-state index contributed by atoms with van der Waals surface area (Å²) >= 11 is 0. The van der Waals surface area contributed by atoms with Crippen molar-refractivity contribution in [1.29, 1.82) is 0 Å². The second kappa shape index (κ2) is 8.44. The van der Waals surface area contributed by atoms with Gasteiger partial charge in [0.2, 0.25) is 5.91 Å². The first-order valence-electron chi connectivity index (χ1n) is 10.8. The Kier molecular flexibility index (Phi) is 5.48. The average Bonchev–Trinajstić information content (AvgIpc) is 3.48. The maximum atomic E-state index is 14.7. The van der Waals surface area contributed by atoms with Crippen LogP contribution in [0.2, 0.25) is 0 Å². The number of ether oxygens (including phenoxy) is 1. The molecule has 2 aliphatic rings. The lowest BCUT2D eigenvalue weighted by molar-refractivity contribution is -0.122. The third kappa shape index (κ3) is 4.28. The molecule has 0 atom stereocenters. The highest BCUT2D eigenvalue weighted by molar-refractivity contribution is 6.00. The van der Waals surface area contributed by atoms with Crippen molar-refractivity contribution in [3.05, 3.63) is 59.3 Å².